The Morgan fingerprint density at radius 3 is 2.83 bits per heavy atom. The Morgan fingerprint density at radius 2 is 2.17 bits per heavy atom. The number of aliphatic hydroxyl groups is 1. The molecule has 6 nitrogen and oxygen atoms in total. The van der Waals surface area contributed by atoms with Gasteiger partial charge in [-0.15, -0.1) is 0 Å². The van der Waals surface area contributed by atoms with Crippen LogP contribution in [0.2, 0.25) is 5.02 Å². The molecule has 1 unspecified atom stereocenters. The molecule has 1 aromatic carbocycles. The Labute approximate surface area is 138 Å². The fourth-order valence-corrected chi connectivity index (χ4v) is 2.66. The van der Waals surface area contributed by atoms with Crippen LogP contribution in [0.4, 0.5) is 0 Å². The van der Waals surface area contributed by atoms with Crippen molar-refractivity contribution in [1.82, 2.24) is 10.1 Å². The van der Waals surface area contributed by atoms with E-state index in [1.165, 1.54) is 0 Å². The van der Waals surface area contributed by atoms with Gasteiger partial charge in [-0.3, -0.25) is 4.79 Å². The first-order chi connectivity index (χ1) is 11.1. The summed E-state index contributed by atoms with van der Waals surface area (Å²) in [6, 6.07) is 8.44. The summed E-state index contributed by atoms with van der Waals surface area (Å²) in [6.45, 7) is 1.41. The molecule has 1 aliphatic rings. The number of ether oxygens (including phenoxy) is 1. The third-order valence-electron chi connectivity index (χ3n) is 3.89. The molecule has 0 saturated carbocycles. The average Bonchev–Trinajstić information content (AvgIpc) is 2.94. The first-order valence-corrected chi connectivity index (χ1v) is 7.63. The smallest absolute Gasteiger partial charge is 0.256 e. The van der Waals surface area contributed by atoms with Gasteiger partial charge < -0.3 is 19.3 Å². The van der Waals surface area contributed by atoms with Crippen molar-refractivity contribution in [2.45, 2.75) is 18.6 Å². The topological polar surface area (TPSA) is 75.8 Å². The number of methoxy groups -OCH3 is 1. The van der Waals surface area contributed by atoms with E-state index in [1.807, 2.05) is 6.07 Å². The van der Waals surface area contributed by atoms with Crippen molar-refractivity contribution in [3.63, 3.8) is 0 Å². The monoisotopic (exact) mass is 336 g/mol. The highest BCUT2D eigenvalue weighted by molar-refractivity contribution is 6.30. The molecular formula is C16H17ClN2O4. The van der Waals surface area contributed by atoms with Gasteiger partial charge in [-0.1, -0.05) is 28.9 Å². The lowest BCUT2D eigenvalue weighted by molar-refractivity contribution is -0.145. The maximum Gasteiger partial charge on any atom is 0.256 e. The van der Waals surface area contributed by atoms with Gasteiger partial charge in [0.05, 0.1) is 5.69 Å². The van der Waals surface area contributed by atoms with Crippen LogP contribution in [-0.2, 0) is 16.1 Å². The molecule has 122 valence electrons. The molecule has 0 aliphatic carbocycles. The highest BCUT2D eigenvalue weighted by atomic mass is 35.5. The van der Waals surface area contributed by atoms with E-state index in [9.17, 15) is 9.90 Å². The van der Waals surface area contributed by atoms with Crippen LogP contribution in [0.1, 0.15) is 29.0 Å². The maximum atomic E-state index is 12.3. The third-order valence-corrected chi connectivity index (χ3v) is 4.15. The van der Waals surface area contributed by atoms with Crippen LogP contribution in [-0.4, -0.2) is 41.3 Å². The summed E-state index contributed by atoms with van der Waals surface area (Å²) >= 11 is 5.81. The van der Waals surface area contributed by atoms with Gasteiger partial charge in [-0.25, -0.2) is 0 Å². The first-order valence-electron chi connectivity index (χ1n) is 7.25. The van der Waals surface area contributed by atoms with Crippen molar-refractivity contribution in [2.75, 3.05) is 20.2 Å². The first kappa shape index (κ1) is 16.0. The Bertz CT molecular complexity index is 680. The molecule has 1 fully saturated rings. The molecule has 7 heteroatoms. The zero-order valence-corrected chi connectivity index (χ0v) is 13.4. The molecule has 1 amide bonds. The lowest BCUT2D eigenvalue weighted by Gasteiger charge is -2.39. The van der Waals surface area contributed by atoms with Crippen LogP contribution in [0.25, 0.3) is 0 Å². The summed E-state index contributed by atoms with van der Waals surface area (Å²) in [4.78, 5) is 13.9. The molecule has 1 aromatic heterocycles. The van der Waals surface area contributed by atoms with Crippen LogP contribution in [0.15, 0.2) is 34.9 Å². The van der Waals surface area contributed by atoms with Gasteiger partial charge in [0.2, 0.25) is 0 Å². The number of hydrogen-bond acceptors (Lipinski definition) is 5. The minimum atomic E-state index is -1.17. The molecule has 2 aromatic rings. The fourth-order valence-electron chi connectivity index (χ4n) is 2.54. The minimum absolute atomic E-state index is 0.130. The Balaban J connectivity index is 1.57. The summed E-state index contributed by atoms with van der Waals surface area (Å²) in [5.41, 5.74) is 1.34. The van der Waals surface area contributed by atoms with E-state index < -0.39 is 6.10 Å². The molecule has 1 atom stereocenters. The zero-order chi connectivity index (χ0) is 16.4. The second-order valence-electron chi connectivity index (χ2n) is 5.55. The number of nitrogens with zero attached hydrogens (tertiary/aromatic N) is 2. The number of rotatable bonds is 5. The summed E-state index contributed by atoms with van der Waals surface area (Å²) in [5, 5.41) is 14.7. The quantitative estimate of drug-likeness (QED) is 0.905. The van der Waals surface area contributed by atoms with Gasteiger partial charge in [-0.2, -0.15) is 0 Å². The number of hydrogen-bond donors (Lipinski definition) is 1. The molecule has 1 saturated heterocycles. The van der Waals surface area contributed by atoms with Crippen molar-refractivity contribution in [2.24, 2.45) is 0 Å². The van der Waals surface area contributed by atoms with Crippen molar-refractivity contribution in [3.05, 3.63) is 52.4 Å². The molecule has 0 bridgehead atoms. The average molecular weight is 337 g/mol. The second-order valence-corrected chi connectivity index (χ2v) is 5.98. The van der Waals surface area contributed by atoms with Gasteiger partial charge >= 0.3 is 0 Å². The SMILES string of the molecule is COCc1cc(C2CN(C(=O)C(O)c3ccc(Cl)cc3)C2)no1. The van der Waals surface area contributed by atoms with E-state index in [0.717, 1.165) is 5.69 Å². The van der Waals surface area contributed by atoms with E-state index >= 15 is 0 Å². The Morgan fingerprint density at radius 1 is 1.48 bits per heavy atom. The molecule has 0 radical (unpaired) electrons. The largest absolute Gasteiger partial charge is 0.378 e. The van der Waals surface area contributed by atoms with Crippen LogP contribution >= 0.6 is 11.6 Å². The Hall–Kier alpha value is -1.89. The third kappa shape index (κ3) is 3.39. The van der Waals surface area contributed by atoms with Crippen molar-refractivity contribution >= 4 is 17.5 Å². The normalized spacial score (nSPS) is 16.2. The van der Waals surface area contributed by atoms with Gasteiger partial charge in [-0.05, 0) is 17.7 Å². The second kappa shape index (κ2) is 6.70. The number of aromatic nitrogens is 1. The van der Waals surface area contributed by atoms with E-state index in [2.05, 4.69) is 5.16 Å². The van der Waals surface area contributed by atoms with E-state index in [1.54, 1.807) is 36.3 Å². The predicted molar refractivity (Wildman–Crippen MR) is 82.9 cm³/mol. The highest BCUT2D eigenvalue weighted by Gasteiger charge is 2.36. The lowest BCUT2D eigenvalue weighted by atomic mass is 9.94. The molecule has 1 aliphatic heterocycles. The number of halogens is 1. The summed E-state index contributed by atoms with van der Waals surface area (Å²) in [5.74, 6) is 0.475. The minimum Gasteiger partial charge on any atom is -0.378 e. The molecule has 23 heavy (non-hydrogen) atoms. The lowest BCUT2D eigenvalue weighted by Crippen LogP contribution is -2.50. The number of aliphatic hydroxyl groups excluding tert-OH is 1. The van der Waals surface area contributed by atoms with Crippen LogP contribution in [0.5, 0.6) is 0 Å². The standard InChI is InChI=1S/C16H17ClN2O4/c1-22-9-13-6-14(18-23-13)11-7-19(8-11)16(21)15(20)10-2-4-12(17)5-3-10/h2-6,11,15,20H,7-9H2,1H3. The molecule has 1 N–H and O–H groups in total. The predicted octanol–water partition coefficient (Wildman–Crippen LogP) is 2.13. The number of carbonyl (C=O) groups is 1. The molecular weight excluding hydrogens is 320 g/mol. The molecule has 3 rings (SSSR count). The van der Waals surface area contributed by atoms with E-state index in [4.69, 9.17) is 20.9 Å². The van der Waals surface area contributed by atoms with Crippen molar-refractivity contribution < 1.29 is 19.2 Å². The summed E-state index contributed by atoms with van der Waals surface area (Å²) in [6.07, 6.45) is -1.17. The zero-order valence-electron chi connectivity index (χ0n) is 12.6. The van der Waals surface area contributed by atoms with Gasteiger partial charge in [0.15, 0.2) is 11.9 Å². The van der Waals surface area contributed by atoms with Crippen LogP contribution < -0.4 is 0 Å². The molecule has 0 spiro atoms. The van der Waals surface area contributed by atoms with E-state index in [-0.39, 0.29) is 11.8 Å². The maximum absolute atomic E-state index is 12.3. The van der Waals surface area contributed by atoms with E-state index in [0.29, 0.717) is 36.0 Å². The summed E-state index contributed by atoms with van der Waals surface area (Å²) < 4.78 is 10.1. The fraction of sp³-hybridized carbons (Fsp3) is 0.375. The number of benzene rings is 1. The van der Waals surface area contributed by atoms with Gasteiger partial charge in [0.1, 0.15) is 6.61 Å². The van der Waals surface area contributed by atoms with Crippen LogP contribution in [0, 0.1) is 0 Å². The number of carbonyl (C=O) groups excluding carboxylic acids is 1. The van der Waals surface area contributed by atoms with Crippen molar-refractivity contribution in [1.29, 1.82) is 0 Å². The summed E-state index contributed by atoms with van der Waals surface area (Å²) in [7, 11) is 1.59. The van der Waals surface area contributed by atoms with Crippen LogP contribution in [0.3, 0.4) is 0 Å². The van der Waals surface area contributed by atoms with Gasteiger partial charge in [0, 0.05) is 37.2 Å². The number of amides is 1. The van der Waals surface area contributed by atoms with Gasteiger partial charge in [0.25, 0.3) is 5.91 Å². The molecule has 2 heterocycles. The number of likely N-dealkylation sites (tertiary alicyclic amines) is 1. The Kier molecular flexibility index (Phi) is 4.66. The highest BCUT2D eigenvalue weighted by Crippen LogP contribution is 2.29. The van der Waals surface area contributed by atoms with Crippen molar-refractivity contribution in [3.8, 4) is 0 Å².